The van der Waals surface area contributed by atoms with Crippen LogP contribution in [0.4, 0.5) is 14.9 Å². The Balaban J connectivity index is 1.62. The summed E-state index contributed by atoms with van der Waals surface area (Å²) >= 11 is 0. The van der Waals surface area contributed by atoms with E-state index in [0.29, 0.717) is 23.7 Å². The van der Waals surface area contributed by atoms with Crippen LogP contribution >= 0.6 is 0 Å². The van der Waals surface area contributed by atoms with Gasteiger partial charge in [0.25, 0.3) is 0 Å². The van der Waals surface area contributed by atoms with Gasteiger partial charge in [0.15, 0.2) is 0 Å². The molecule has 1 saturated heterocycles. The predicted octanol–water partition coefficient (Wildman–Crippen LogP) is 2.69. The second-order valence-corrected chi connectivity index (χ2v) is 8.58. The molecule has 2 atom stereocenters. The van der Waals surface area contributed by atoms with Gasteiger partial charge in [0, 0.05) is 40.3 Å². The summed E-state index contributed by atoms with van der Waals surface area (Å²) in [5.74, 6) is 0.825. The van der Waals surface area contributed by atoms with Gasteiger partial charge < -0.3 is 5.32 Å². The van der Waals surface area contributed by atoms with Gasteiger partial charge in [0.1, 0.15) is 5.82 Å². The molecular weight excluding hydrogens is 315 g/mol. The molecule has 1 aromatic rings. The smallest absolute Gasteiger partial charge is 0.322 e. The molecule has 0 aromatic heterocycles. The SMILES string of the molecule is O=C(NC1CCS(=O)C1)N1CC2(CCCC2)c2cccc(F)c21. The Hall–Kier alpha value is -1.43. The highest BCUT2D eigenvalue weighted by Gasteiger charge is 2.47. The van der Waals surface area contributed by atoms with Crippen molar-refractivity contribution in [2.75, 3.05) is 23.0 Å². The maximum atomic E-state index is 14.4. The first-order chi connectivity index (χ1) is 11.1. The van der Waals surface area contributed by atoms with E-state index in [-0.39, 0.29) is 23.3 Å². The molecule has 2 unspecified atom stereocenters. The summed E-state index contributed by atoms with van der Waals surface area (Å²) in [5, 5.41) is 2.95. The summed E-state index contributed by atoms with van der Waals surface area (Å²) in [4.78, 5) is 14.3. The second kappa shape index (κ2) is 5.58. The number of carbonyl (C=O) groups excluding carboxylic acids is 1. The predicted molar refractivity (Wildman–Crippen MR) is 88.7 cm³/mol. The zero-order valence-corrected chi connectivity index (χ0v) is 13.8. The molecule has 2 aliphatic heterocycles. The summed E-state index contributed by atoms with van der Waals surface area (Å²) in [7, 11) is -0.836. The van der Waals surface area contributed by atoms with Crippen molar-refractivity contribution >= 4 is 22.5 Å². The van der Waals surface area contributed by atoms with Gasteiger partial charge in [-0.1, -0.05) is 25.0 Å². The Morgan fingerprint density at radius 2 is 2.13 bits per heavy atom. The van der Waals surface area contributed by atoms with Crippen molar-refractivity contribution in [2.45, 2.75) is 43.6 Å². The molecule has 1 aromatic carbocycles. The van der Waals surface area contributed by atoms with Gasteiger partial charge in [-0.3, -0.25) is 9.11 Å². The number of nitrogens with zero attached hydrogens (tertiary/aromatic N) is 1. The molecule has 23 heavy (non-hydrogen) atoms. The van der Waals surface area contributed by atoms with Crippen LogP contribution in [0.2, 0.25) is 0 Å². The van der Waals surface area contributed by atoms with Crippen LogP contribution in [0.1, 0.15) is 37.7 Å². The fraction of sp³-hybridized carbons (Fsp3) is 0.588. The molecule has 1 spiro atoms. The first kappa shape index (κ1) is 15.1. The molecule has 2 heterocycles. The Morgan fingerprint density at radius 1 is 1.35 bits per heavy atom. The Labute approximate surface area is 137 Å². The number of rotatable bonds is 1. The number of nitrogens with one attached hydrogen (secondary N) is 1. The monoisotopic (exact) mass is 336 g/mol. The van der Waals surface area contributed by atoms with E-state index in [1.54, 1.807) is 11.0 Å². The van der Waals surface area contributed by atoms with E-state index in [4.69, 9.17) is 0 Å². The van der Waals surface area contributed by atoms with Crippen LogP contribution in [-0.2, 0) is 16.2 Å². The highest BCUT2D eigenvalue weighted by molar-refractivity contribution is 7.85. The molecule has 4 nitrogen and oxygen atoms in total. The van der Waals surface area contributed by atoms with Crippen LogP contribution in [0.3, 0.4) is 0 Å². The number of fused-ring (bicyclic) bond motifs is 2. The van der Waals surface area contributed by atoms with Gasteiger partial charge >= 0.3 is 6.03 Å². The standard InChI is InChI=1S/C17H21FN2O2S/c18-14-5-3-4-13-15(14)20(11-17(13)7-1-2-8-17)16(21)19-12-6-9-23(22)10-12/h3-5,12H,1-2,6-11H2,(H,19,21). The minimum Gasteiger partial charge on any atom is -0.334 e. The van der Waals surface area contributed by atoms with Crippen LogP contribution < -0.4 is 10.2 Å². The van der Waals surface area contributed by atoms with Crippen LogP contribution in [0, 0.1) is 5.82 Å². The first-order valence-corrected chi connectivity index (χ1v) is 9.80. The average molecular weight is 336 g/mol. The van der Waals surface area contributed by atoms with Crippen LogP contribution in [0.25, 0.3) is 0 Å². The number of halogens is 1. The number of carbonyl (C=O) groups is 1. The number of benzene rings is 1. The van der Waals surface area contributed by atoms with Crippen molar-refractivity contribution in [1.29, 1.82) is 0 Å². The van der Waals surface area contributed by atoms with E-state index in [1.165, 1.54) is 6.07 Å². The molecule has 1 saturated carbocycles. The fourth-order valence-corrected chi connectivity index (χ4v) is 5.78. The molecule has 1 aliphatic carbocycles. The van der Waals surface area contributed by atoms with Gasteiger partial charge in [-0.15, -0.1) is 0 Å². The molecule has 124 valence electrons. The summed E-state index contributed by atoms with van der Waals surface area (Å²) in [6, 6.07) is 4.84. The molecule has 2 fully saturated rings. The van der Waals surface area contributed by atoms with E-state index in [9.17, 15) is 13.4 Å². The lowest BCUT2D eigenvalue weighted by Gasteiger charge is -2.25. The number of anilines is 1. The van der Waals surface area contributed by atoms with Gasteiger partial charge in [0.05, 0.1) is 5.69 Å². The highest BCUT2D eigenvalue weighted by Crippen LogP contribution is 2.51. The quantitative estimate of drug-likeness (QED) is 0.857. The number of hydrogen-bond acceptors (Lipinski definition) is 2. The molecular formula is C17H21FN2O2S. The third-order valence-electron chi connectivity index (χ3n) is 5.50. The number of hydrogen-bond donors (Lipinski definition) is 1. The minimum absolute atomic E-state index is 0.0568. The van der Waals surface area contributed by atoms with Crippen molar-refractivity contribution < 1.29 is 13.4 Å². The number of urea groups is 1. The molecule has 1 N–H and O–H groups in total. The van der Waals surface area contributed by atoms with E-state index < -0.39 is 10.8 Å². The van der Waals surface area contributed by atoms with Gasteiger partial charge in [-0.05, 0) is 30.9 Å². The van der Waals surface area contributed by atoms with Crippen LogP contribution in [0.15, 0.2) is 18.2 Å². The summed E-state index contributed by atoms with van der Waals surface area (Å²) in [6.45, 7) is 0.560. The Morgan fingerprint density at radius 3 is 2.83 bits per heavy atom. The summed E-state index contributed by atoms with van der Waals surface area (Å²) in [6.07, 6.45) is 5.03. The topological polar surface area (TPSA) is 49.4 Å². The molecule has 6 heteroatoms. The van der Waals surface area contributed by atoms with E-state index in [2.05, 4.69) is 5.32 Å². The van der Waals surface area contributed by atoms with E-state index >= 15 is 0 Å². The number of amides is 2. The van der Waals surface area contributed by atoms with E-state index in [0.717, 1.165) is 37.7 Å². The Kier molecular flexibility index (Phi) is 3.67. The minimum atomic E-state index is -0.836. The van der Waals surface area contributed by atoms with Crippen molar-refractivity contribution in [3.8, 4) is 0 Å². The molecule has 4 rings (SSSR count). The highest BCUT2D eigenvalue weighted by atomic mass is 32.2. The largest absolute Gasteiger partial charge is 0.334 e. The maximum absolute atomic E-state index is 14.4. The van der Waals surface area contributed by atoms with Crippen molar-refractivity contribution in [1.82, 2.24) is 5.32 Å². The van der Waals surface area contributed by atoms with Crippen molar-refractivity contribution in [2.24, 2.45) is 0 Å². The fourth-order valence-electron chi connectivity index (χ4n) is 4.37. The lowest BCUT2D eigenvalue weighted by atomic mass is 9.81. The molecule has 2 amide bonds. The van der Waals surface area contributed by atoms with Gasteiger partial charge in [-0.2, -0.15) is 0 Å². The molecule has 0 radical (unpaired) electrons. The third kappa shape index (κ3) is 2.47. The maximum Gasteiger partial charge on any atom is 0.322 e. The van der Waals surface area contributed by atoms with E-state index in [1.807, 2.05) is 6.07 Å². The summed E-state index contributed by atoms with van der Waals surface area (Å²) < 4.78 is 25.9. The second-order valence-electron chi connectivity index (χ2n) is 6.96. The van der Waals surface area contributed by atoms with Crippen molar-refractivity contribution in [3.05, 3.63) is 29.6 Å². The van der Waals surface area contributed by atoms with Crippen molar-refractivity contribution in [3.63, 3.8) is 0 Å². The van der Waals surface area contributed by atoms with Crippen LogP contribution in [-0.4, -0.2) is 34.3 Å². The summed E-state index contributed by atoms with van der Waals surface area (Å²) in [5.41, 5.74) is 1.36. The molecule has 0 bridgehead atoms. The average Bonchev–Trinajstić information content (AvgIpc) is 3.22. The van der Waals surface area contributed by atoms with Gasteiger partial charge in [-0.25, -0.2) is 9.18 Å². The zero-order chi connectivity index (χ0) is 16.0. The zero-order valence-electron chi connectivity index (χ0n) is 13.0. The van der Waals surface area contributed by atoms with Gasteiger partial charge in [0.2, 0.25) is 0 Å². The third-order valence-corrected chi connectivity index (χ3v) is 6.97. The normalized spacial score (nSPS) is 28.3. The Bertz CT molecular complexity index is 673. The molecule has 3 aliphatic rings. The lowest BCUT2D eigenvalue weighted by molar-refractivity contribution is 0.242. The number of para-hydroxylation sites is 1. The lowest BCUT2D eigenvalue weighted by Crippen LogP contribution is -2.46. The van der Waals surface area contributed by atoms with Crippen LogP contribution in [0.5, 0.6) is 0 Å². The first-order valence-electron chi connectivity index (χ1n) is 8.31.